The third-order valence-corrected chi connectivity index (χ3v) is 4.09. The van der Waals surface area contributed by atoms with Gasteiger partial charge in [-0.3, -0.25) is 0 Å². The largest absolute Gasteiger partial charge is 0.508 e. The Labute approximate surface area is 161 Å². The molecule has 0 aromatic heterocycles. The summed E-state index contributed by atoms with van der Waals surface area (Å²) in [4.78, 5) is 18.7. The highest BCUT2D eigenvalue weighted by molar-refractivity contribution is 5.80. The molecule has 1 heterocycles. The van der Waals surface area contributed by atoms with E-state index in [1.54, 1.807) is 23.1 Å². The van der Waals surface area contributed by atoms with Gasteiger partial charge in [0.2, 0.25) is 0 Å². The minimum Gasteiger partial charge on any atom is -0.508 e. The summed E-state index contributed by atoms with van der Waals surface area (Å²) in [5.41, 5.74) is 0.445. The van der Waals surface area contributed by atoms with Crippen LogP contribution in [0.1, 0.15) is 46.1 Å². The summed E-state index contributed by atoms with van der Waals surface area (Å²) in [6.07, 6.45) is 1.62. The maximum atomic E-state index is 12.3. The number of ether oxygens (including phenoxy) is 1. The molecule has 0 spiro atoms. The molecule has 0 saturated carbocycles. The van der Waals surface area contributed by atoms with Crippen LogP contribution in [0.2, 0.25) is 0 Å². The third kappa shape index (κ3) is 7.37. The Morgan fingerprint density at radius 3 is 2.85 bits per heavy atom. The lowest BCUT2D eigenvalue weighted by Gasteiger charge is -2.35. The first-order valence-electron chi connectivity index (χ1n) is 9.57. The molecular formula is C20H32N4O3. The van der Waals surface area contributed by atoms with Gasteiger partial charge in [0.1, 0.15) is 11.4 Å². The molecule has 7 nitrogen and oxygen atoms in total. The molecule has 3 N–H and O–H groups in total. The van der Waals surface area contributed by atoms with E-state index in [0.717, 1.165) is 24.9 Å². The minimum absolute atomic E-state index is 0.119. The second kappa shape index (κ2) is 9.48. The molecule has 1 saturated heterocycles. The van der Waals surface area contributed by atoms with Gasteiger partial charge in [-0.1, -0.05) is 12.1 Å². The average Bonchev–Trinajstić information content (AvgIpc) is 2.59. The molecule has 27 heavy (non-hydrogen) atoms. The van der Waals surface area contributed by atoms with Crippen LogP contribution in [0.3, 0.4) is 0 Å². The summed E-state index contributed by atoms with van der Waals surface area (Å²) in [5.74, 6) is 0.942. The summed E-state index contributed by atoms with van der Waals surface area (Å²) in [6, 6.07) is 7.20. The zero-order chi connectivity index (χ0) is 19.9. The van der Waals surface area contributed by atoms with E-state index in [2.05, 4.69) is 15.6 Å². The van der Waals surface area contributed by atoms with Crippen LogP contribution in [0.15, 0.2) is 29.3 Å². The molecule has 0 bridgehead atoms. The van der Waals surface area contributed by atoms with Crippen molar-refractivity contribution in [1.82, 2.24) is 15.5 Å². The number of carbonyl (C=O) groups excluding carboxylic acids is 1. The fourth-order valence-electron chi connectivity index (χ4n) is 2.93. The van der Waals surface area contributed by atoms with Gasteiger partial charge in [0.25, 0.3) is 0 Å². The average molecular weight is 377 g/mol. The first kappa shape index (κ1) is 20.9. The fourth-order valence-corrected chi connectivity index (χ4v) is 2.93. The molecule has 1 unspecified atom stereocenters. The Morgan fingerprint density at radius 1 is 1.41 bits per heavy atom. The van der Waals surface area contributed by atoms with E-state index >= 15 is 0 Å². The van der Waals surface area contributed by atoms with E-state index in [9.17, 15) is 9.90 Å². The molecule has 2 rings (SSSR count). The Morgan fingerprint density at radius 2 is 2.19 bits per heavy atom. The van der Waals surface area contributed by atoms with Crippen molar-refractivity contribution in [2.24, 2.45) is 4.99 Å². The van der Waals surface area contributed by atoms with Gasteiger partial charge in [0.05, 0.1) is 6.54 Å². The number of rotatable bonds is 4. The maximum Gasteiger partial charge on any atom is 0.410 e. The Bertz CT molecular complexity index is 655. The quantitative estimate of drug-likeness (QED) is 0.556. The van der Waals surface area contributed by atoms with Crippen LogP contribution >= 0.6 is 0 Å². The highest BCUT2D eigenvalue weighted by atomic mass is 16.6. The fraction of sp³-hybridized carbons (Fsp3) is 0.600. The highest BCUT2D eigenvalue weighted by Gasteiger charge is 2.28. The van der Waals surface area contributed by atoms with Gasteiger partial charge in [0.15, 0.2) is 5.96 Å². The van der Waals surface area contributed by atoms with Crippen molar-refractivity contribution in [2.45, 2.75) is 58.7 Å². The number of aliphatic imine (C=N–C) groups is 1. The first-order valence-corrected chi connectivity index (χ1v) is 9.57. The zero-order valence-electron chi connectivity index (χ0n) is 16.8. The number of nitrogens with zero attached hydrogens (tertiary/aromatic N) is 2. The van der Waals surface area contributed by atoms with Gasteiger partial charge < -0.3 is 25.4 Å². The Hall–Kier alpha value is -2.44. The van der Waals surface area contributed by atoms with E-state index in [-0.39, 0.29) is 17.9 Å². The van der Waals surface area contributed by atoms with Crippen LogP contribution in [0.4, 0.5) is 4.79 Å². The number of hydrogen-bond acceptors (Lipinski definition) is 4. The molecule has 7 heteroatoms. The van der Waals surface area contributed by atoms with E-state index in [1.165, 1.54) is 0 Å². The predicted molar refractivity (Wildman–Crippen MR) is 107 cm³/mol. The van der Waals surface area contributed by atoms with Crippen molar-refractivity contribution in [2.75, 3.05) is 19.6 Å². The summed E-state index contributed by atoms with van der Waals surface area (Å²) in [5, 5.41) is 16.2. The van der Waals surface area contributed by atoms with Crippen molar-refractivity contribution in [3.63, 3.8) is 0 Å². The number of piperidine rings is 1. The van der Waals surface area contributed by atoms with Gasteiger partial charge in [-0.05, 0) is 58.2 Å². The monoisotopic (exact) mass is 376 g/mol. The number of guanidine groups is 1. The van der Waals surface area contributed by atoms with E-state index < -0.39 is 5.60 Å². The van der Waals surface area contributed by atoms with Gasteiger partial charge in [-0.2, -0.15) is 0 Å². The second-order valence-corrected chi connectivity index (χ2v) is 7.77. The number of phenolic OH excluding ortho intramolecular Hbond substituents is 1. The Kier molecular flexibility index (Phi) is 7.33. The van der Waals surface area contributed by atoms with Crippen molar-refractivity contribution < 1.29 is 14.6 Å². The number of aromatic hydroxyl groups is 1. The van der Waals surface area contributed by atoms with Gasteiger partial charge >= 0.3 is 6.09 Å². The summed E-state index contributed by atoms with van der Waals surface area (Å²) >= 11 is 0. The SMILES string of the molecule is CCNC(=NCc1cccc(O)c1)NC1CCCN(C(=O)OC(C)(C)C)C1. The summed E-state index contributed by atoms with van der Waals surface area (Å²) in [6.45, 7) is 10.2. The minimum atomic E-state index is -0.491. The lowest BCUT2D eigenvalue weighted by Crippen LogP contribution is -2.53. The number of nitrogens with one attached hydrogen (secondary N) is 2. The molecule has 1 amide bonds. The summed E-state index contributed by atoms with van der Waals surface area (Å²) in [7, 11) is 0. The summed E-state index contributed by atoms with van der Waals surface area (Å²) < 4.78 is 5.48. The maximum absolute atomic E-state index is 12.3. The number of carbonyl (C=O) groups is 1. The molecular weight excluding hydrogens is 344 g/mol. The molecule has 150 valence electrons. The smallest absolute Gasteiger partial charge is 0.410 e. The van der Waals surface area contributed by atoms with Crippen LogP contribution < -0.4 is 10.6 Å². The van der Waals surface area contributed by atoms with E-state index in [1.807, 2.05) is 33.8 Å². The number of amides is 1. The molecule has 1 fully saturated rings. The van der Waals surface area contributed by atoms with Crippen LogP contribution in [0, 0.1) is 0 Å². The van der Waals surface area contributed by atoms with Gasteiger partial charge in [-0.15, -0.1) is 0 Å². The number of likely N-dealkylation sites (tertiary alicyclic amines) is 1. The standard InChI is InChI=1S/C20H32N4O3/c1-5-21-18(22-13-15-8-6-10-17(25)12-15)23-16-9-7-11-24(14-16)19(26)27-20(2,3)4/h6,8,10,12,16,25H,5,7,9,11,13-14H2,1-4H3,(H2,21,22,23). The molecule has 1 aliphatic rings. The molecule has 1 atom stereocenters. The van der Waals surface area contributed by atoms with Crippen molar-refractivity contribution in [1.29, 1.82) is 0 Å². The van der Waals surface area contributed by atoms with Crippen LogP contribution in [-0.2, 0) is 11.3 Å². The first-order chi connectivity index (χ1) is 12.8. The lowest BCUT2D eigenvalue weighted by atomic mass is 10.1. The third-order valence-electron chi connectivity index (χ3n) is 4.09. The molecule has 0 aliphatic carbocycles. The van der Waals surface area contributed by atoms with Gasteiger partial charge in [0, 0.05) is 25.7 Å². The number of hydrogen-bond donors (Lipinski definition) is 3. The van der Waals surface area contributed by atoms with Crippen LogP contribution in [0.25, 0.3) is 0 Å². The van der Waals surface area contributed by atoms with Crippen LogP contribution in [-0.4, -0.2) is 53.3 Å². The van der Waals surface area contributed by atoms with Crippen molar-refractivity contribution in [3.8, 4) is 5.75 Å². The normalized spacial score (nSPS) is 18.1. The highest BCUT2D eigenvalue weighted by Crippen LogP contribution is 2.16. The van der Waals surface area contributed by atoms with Crippen molar-refractivity contribution in [3.05, 3.63) is 29.8 Å². The molecule has 1 aromatic carbocycles. The second-order valence-electron chi connectivity index (χ2n) is 7.77. The van der Waals surface area contributed by atoms with Crippen molar-refractivity contribution >= 4 is 12.1 Å². The predicted octanol–water partition coefficient (Wildman–Crippen LogP) is 2.85. The molecule has 0 radical (unpaired) electrons. The van der Waals surface area contributed by atoms with Crippen LogP contribution in [0.5, 0.6) is 5.75 Å². The lowest BCUT2D eigenvalue weighted by molar-refractivity contribution is 0.0193. The molecule has 1 aliphatic heterocycles. The van der Waals surface area contributed by atoms with Gasteiger partial charge in [-0.25, -0.2) is 9.79 Å². The topological polar surface area (TPSA) is 86.2 Å². The van der Waals surface area contributed by atoms with E-state index in [4.69, 9.17) is 4.74 Å². The number of benzene rings is 1. The Balaban J connectivity index is 1.96. The van der Waals surface area contributed by atoms with E-state index in [0.29, 0.717) is 25.6 Å². The molecule has 1 aromatic rings. The zero-order valence-corrected chi connectivity index (χ0v) is 16.8. The number of phenols is 1.